The van der Waals surface area contributed by atoms with E-state index in [0.717, 1.165) is 18.8 Å². The lowest BCUT2D eigenvalue weighted by molar-refractivity contribution is 0.187. The zero-order valence-electron chi connectivity index (χ0n) is 14.5. The van der Waals surface area contributed by atoms with Crippen molar-refractivity contribution < 1.29 is 0 Å². The molecule has 4 nitrogen and oxygen atoms in total. The number of hydrogen-bond acceptors (Lipinski definition) is 3. The first-order valence-corrected chi connectivity index (χ1v) is 8.71. The number of hydrogen-bond donors (Lipinski definition) is 1. The number of benzene rings is 1. The number of rotatable bonds is 5. The van der Waals surface area contributed by atoms with Crippen LogP contribution in [0.15, 0.2) is 36.5 Å². The third kappa shape index (κ3) is 3.82. The summed E-state index contributed by atoms with van der Waals surface area (Å²) in [5, 5.41) is 8.28. The average molecular weight is 312 g/mol. The number of nitrogens with zero attached hydrogens (tertiary/aromatic N) is 3. The molecule has 0 amide bonds. The van der Waals surface area contributed by atoms with Crippen molar-refractivity contribution in [3.63, 3.8) is 0 Å². The van der Waals surface area contributed by atoms with Crippen molar-refractivity contribution >= 4 is 0 Å². The van der Waals surface area contributed by atoms with Gasteiger partial charge in [0.05, 0.1) is 11.4 Å². The van der Waals surface area contributed by atoms with Gasteiger partial charge in [-0.2, -0.15) is 5.10 Å². The molecule has 0 bridgehead atoms. The highest BCUT2D eigenvalue weighted by molar-refractivity contribution is 5.33. The highest BCUT2D eigenvalue weighted by atomic mass is 15.3. The first-order valence-electron chi connectivity index (χ1n) is 8.71. The van der Waals surface area contributed by atoms with Crippen LogP contribution < -0.4 is 5.32 Å². The van der Waals surface area contributed by atoms with Crippen LogP contribution in [0.5, 0.6) is 0 Å². The predicted molar refractivity (Wildman–Crippen MR) is 95.0 cm³/mol. The van der Waals surface area contributed by atoms with Crippen LogP contribution in [-0.2, 0) is 6.54 Å². The molecule has 4 heteroatoms. The van der Waals surface area contributed by atoms with Gasteiger partial charge >= 0.3 is 0 Å². The van der Waals surface area contributed by atoms with Crippen LogP contribution in [0.25, 0.3) is 5.69 Å². The second kappa shape index (κ2) is 7.28. The van der Waals surface area contributed by atoms with E-state index in [0.29, 0.717) is 12.0 Å². The van der Waals surface area contributed by atoms with E-state index in [9.17, 15) is 0 Å². The summed E-state index contributed by atoms with van der Waals surface area (Å²) in [7, 11) is 2.07. The Morgan fingerprint density at radius 3 is 2.74 bits per heavy atom. The molecule has 2 aromatic rings. The van der Waals surface area contributed by atoms with Gasteiger partial charge in [0.2, 0.25) is 0 Å². The smallest absolute Gasteiger partial charge is 0.0699 e. The molecule has 1 saturated heterocycles. The fourth-order valence-corrected chi connectivity index (χ4v) is 3.42. The van der Waals surface area contributed by atoms with E-state index in [1.54, 1.807) is 0 Å². The van der Waals surface area contributed by atoms with Gasteiger partial charge in [-0.25, -0.2) is 4.68 Å². The maximum absolute atomic E-state index is 4.86. The average Bonchev–Trinajstić information content (AvgIpc) is 3.00. The topological polar surface area (TPSA) is 33.1 Å². The molecule has 1 atom stereocenters. The number of likely N-dealkylation sites (tertiary alicyclic amines) is 1. The van der Waals surface area contributed by atoms with Crippen molar-refractivity contribution in [3.8, 4) is 5.69 Å². The van der Waals surface area contributed by atoms with Gasteiger partial charge in [-0.05, 0) is 44.5 Å². The van der Waals surface area contributed by atoms with Crippen molar-refractivity contribution in [1.82, 2.24) is 20.0 Å². The minimum atomic E-state index is 0.444. The van der Waals surface area contributed by atoms with Crippen LogP contribution in [-0.4, -0.2) is 40.9 Å². The molecule has 1 aromatic carbocycles. The van der Waals surface area contributed by atoms with Crippen molar-refractivity contribution in [2.24, 2.45) is 0 Å². The first-order chi connectivity index (χ1) is 11.2. The van der Waals surface area contributed by atoms with E-state index in [1.807, 2.05) is 10.7 Å². The molecular formula is C19H28N4. The maximum atomic E-state index is 4.86. The Kier molecular flexibility index (Phi) is 5.13. The molecule has 0 saturated carbocycles. The molecule has 3 rings (SSSR count). The molecule has 1 aliphatic heterocycles. The summed E-state index contributed by atoms with van der Waals surface area (Å²) in [6, 6.07) is 11.0. The van der Waals surface area contributed by atoms with E-state index in [-0.39, 0.29) is 0 Å². The summed E-state index contributed by atoms with van der Waals surface area (Å²) in [4.78, 5) is 2.56. The third-order valence-corrected chi connectivity index (χ3v) is 4.70. The van der Waals surface area contributed by atoms with Crippen molar-refractivity contribution in [2.75, 3.05) is 20.1 Å². The Bertz CT molecular complexity index is 618. The lowest BCUT2D eigenvalue weighted by Gasteiger charge is -2.32. The Balaban J connectivity index is 1.82. The number of para-hydroxylation sites is 1. The largest absolute Gasteiger partial charge is 0.316 e. The van der Waals surface area contributed by atoms with E-state index in [1.165, 1.54) is 30.6 Å². The van der Waals surface area contributed by atoms with E-state index < -0.39 is 0 Å². The Labute approximate surface area is 139 Å². The quantitative estimate of drug-likeness (QED) is 0.920. The molecule has 0 radical (unpaired) electrons. The highest BCUT2D eigenvalue weighted by Gasteiger charge is 2.21. The van der Waals surface area contributed by atoms with E-state index >= 15 is 0 Å². The summed E-state index contributed by atoms with van der Waals surface area (Å²) in [6.07, 6.45) is 4.77. The van der Waals surface area contributed by atoms with Crippen molar-refractivity contribution in [2.45, 2.75) is 45.2 Å². The van der Waals surface area contributed by atoms with Crippen LogP contribution in [0.1, 0.15) is 43.9 Å². The molecule has 1 aromatic heterocycles. The number of piperidine rings is 1. The minimum Gasteiger partial charge on any atom is -0.316 e. The van der Waals surface area contributed by atoms with Crippen LogP contribution >= 0.6 is 0 Å². The molecule has 1 aliphatic rings. The van der Waals surface area contributed by atoms with E-state index in [4.69, 9.17) is 5.10 Å². The SMILES string of the molecule is CNC1CCCN(Cc2cn(-c3ccccc3)nc2C(C)C)C1. The summed E-state index contributed by atoms with van der Waals surface area (Å²) >= 11 is 0. The lowest BCUT2D eigenvalue weighted by atomic mass is 10.0. The van der Waals surface area contributed by atoms with Crippen LogP contribution in [0.2, 0.25) is 0 Å². The second-order valence-corrected chi connectivity index (χ2v) is 6.84. The zero-order valence-corrected chi connectivity index (χ0v) is 14.5. The molecule has 1 unspecified atom stereocenters. The fraction of sp³-hybridized carbons (Fsp3) is 0.526. The molecule has 0 aliphatic carbocycles. The summed E-state index contributed by atoms with van der Waals surface area (Å²) < 4.78 is 2.03. The molecular weight excluding hydrogens is 284 g/mol. The summed E-state index contributed by atoms with van der Waals surface area (Å²) in [6.45, 7) is 7.77. The van der Waals surface area contributed by atoms with Crippen molar-refractivity contribution in [3.05, 3.63) is 47.8 Å². The molecule has 23 heavy (non-hydrogen) atoms. The summed E-state index contributed by atoms with van der Waals surface area (Å²) in [5.74, 6) is 0.444. The van der Waals surface area contributed by atoms with Gasteiger partial charge < -0.3 is 5.32 Å². The molecule has 0 spiro atoms. The van der Waals surface area contributed by atoms with Gasteiger partial charge in [0.1, 0.15) is 0 Å². The summed E-state index contributed by atoms with van der Waals surface area (Å²) in [5.41, 5.74) is 3.72. The maximum Gasteiger partial charge on any atom is 0.0699 e. The first kappa shape index (κ1) is 16.2. The standard InChI is InChI=1S/C19H28N4/c1-15(2)19-16(12-22-11-7-8-17(14-22)20-3)13-23(21-19)18-9-5-4-6-10-18/h4-6,9-10,13,15,17,20H,7-8,11-12,14H2,1-3H3. The Morgan fingerprint density at radius 1 is 1.26 bits per heavy atom. The van der Waals surface area contributed by atoms with Gasteiger partial charge in [0.15, 0.2) is 0 Å². The van der Waals surface area contributed by atoms with Gasteiger partial charge in [0.25, 0.3) is 0 Å². The molecule has 1 fully saturated rings. The normalized spacial score (nSPS) is 19.4. The highest BCUT2D eigenvalue weighted by Crippen LogP contribution is 2.23. The predicted octanol–water partition coefficient (Wildman–Crippen LogP) is 3.18. The molecule has 124 valence electrons. The number of likely N-dealkylation sites (N-methyl/N-ethyl adjacent to an activating group) is 1. The van der Waals surface area contributed by atoms with Gasteiger partial charge in [0, 0.05) is 30.9 Å². The Morgan fingerprint density at radius 2 is 2.04 bits per heavy atom. The third-order valence-electron chi connectivity index (χ3n) is 4.70. The minimum absolute atomic E-state index is 0.444. The van der Waals surface area contributed by atoms with Crippen LogP contribution in [0.4, 0.5) is 0 Å². The second-order valence-electron chi connectivity index (χ2n) is 6.84. The monoisotopic (exact) mass is 312 g/mol. The molecule has 2 heterocycles. The Hall–Kier alpha value is -1.65. The van der Waals surface area contributed by atoms with Gasteiger partial charge in [-0.15, -0.1) is 0 Å². The molecule has 1 N–H and O–H groups in total. The fourth-order valence-electron chi connectivity index (χ4n) is 3.42. The van der Waals surface area contributed by atoms with Crippen molar-refractivity contribution in [1.29, 1.82) is 0 Å². The van der Waals surface area contributed by atoms with Crippen LogP contribution in [0, 0.1) is 0 Å². The van der Waals surface area contributed by atoms with Crippen LogP contribution in [0.3, 0.4) is 0 Å². The van der Waals surface area contributed by atoms with E-state index in [2.05, 4.69) is 61.6 Å². The van der Waals surface area contributed by atoms with Gasteiger partial charge in [-0.1, -0.05) is 32.0 Å². The lowest BCUT2D eigenvalue weighted by Crippen LogP contribution is -2.43. The van der Waals surface area contributed by atoms with Gasteiger partial charge in [-0.3, -0.25) is 4.90 Å². The zero-order chi connectivity index (χ0) is 16.2. The number of nitrogens with one attached hydrogen (secondary N) is 1. The number of aromatic nitrogens is 2.